The molecule has 0 saturated heterocycles. The smallest absolute Gasteiger partial charge is 0.319 e. The van der Waals surface area contributed by atoms with Crippen LogP contribution in [0, 0.1) is 5.92 Å². The first-order valence-electron chi connectivity index (χ1n) is 8.32. The van der Waals surface area contributed by atoms with Crippen LogP contribution in [0.1, 0.15) is 32.4 Å². The molecule has 0 aliphatic carbocycles. The molecule has 0 bridgehead atoms. The highest BCUT2D eigenvalue weighted by Crippen LogP contribution is 2.33. The summed E-state index contributed by atoms with van der Waals surface area (Å²) in [4.78, 5) is 26.6. The lowest BCUT2D eigenvalue weighted by atomic mass is 9.96. The van der Waals surface area contributed by atoms with E-state index in [2.05, 4.69) is 24.5 Å². The fraction of sp³-hybridized carbons (Fsp3) is 0.444. The third-order valence-corrected chi connectivity index (χ3v) is 4.13. The molecule has 0 saturated carbocycles. The molecule has 0 radical (unpaired) electrons. The number of nitrogens with zero attached hydrogens (tertiary/aromatic N) is 1. The van der Waals surface area contributed by atoms with Gasteiger partial charge in [-0.15, -0.1) is 0 Å². The van der Waals surface area contributed by atoms with Crippen LogP contribution in [-0.2, 0) is 4.79 Å². The number of hydrogen-bond acceptors (Lipinski definition) is 3. The fourth-order valence-corrected chi connectivity index (χ4v) is 3.19. The predicted molar refractivity (Wildman–Crippen MR) is 90.5 cm³/mol. The molecule has 6 heteroatoms. The van der Waals surface area contributed by atoms with E-state index in [0.29, 0.717) is 36.9 Å². The van der Waals surface area contributed by atoms with Crippen LogP contribution in [-0.4, -0.2) is 36.5 Å². The quantitative estimate of drug-likeness (QED) is 0.870. The highest BCUT2D eigenvalue weighted by molar-refractivity contribution is 6.01. The van der Waals surface area contributed by atoms with Crippen molar-refractivity contribution in [3.05, 3.63) is 41.1 Å². The van der Waals surface area contributed by atoms with Crippen LogP contribution >= 0.6 is 0 Å². The summed E-state index contributed by atoms with van der Waals surface area (Å²) in [6, 6.07) is 6.81. The first-order valence-corrected chi connectivity index (χ1v) is 8.32. The molecule has 2 N–H and O–H groups in total. The highest BCUT2D eigenvalue weighted by atomic mass is 16.5. The van der Waals surface area contributed by atoms with Crippen molar-refractivity contribution in [2.45, 2.75) is 26.8 Å². The molecule has 3 rings (SSSR count). The second-order valence-electron chi connectivity index (χ2n) is 6.51. The molecule has 1 atom stereocenters. The van der Waals surface area contributed by atoms with Crippen molar-refractivity contribution in [1.82, 2.24) is 15.5 Å². The summed E-state index contributed by atoms with van der Waals surface area (Å²) in [5, 5.41) is 5.65. The number of ether oxygens (including phenoxy) is 1. The van der Waals surface area contributed by atoms with Crippen LogP contribution in [0.2, 0.25) is 0 Å². The SMILES string of the molecule is CCOc1ccc([C@H]2NC(=O)NC3=C2C(=O)N(CC(C)C)C3)cc1. The van der Waals surface area contributed by atoms with E-state index >= 15 is 0 Å². The number of amides is 3. The van der Waals surface area contributed by atoms with Crippen LogP contribution in [0.4, 0.5) is 4.79 Å². The normalized spacial score (nSPS) is 20.2. The molecular formula is C18H23N3O3. The van der Waals surface area contributed by atoms with Crippen molar-refractivity contribution in [2.24, 2.45) is 5.92 Å². The Morgan fingerprint density at radius 2 is 1.96 bits per heavy atom. The lowest BCUT2D eigenvalue weighted by molar-refractivity contribution is -0.126. The molecule has 2 heterocycles. The van der Waals surface area contributed by atoms with Gasteiger partial charge in [0.15, 0.2) is 0 Å². The van der Waals surface area contributed by atoms with Crippen molar-refractivity contribution < 1.29 is 14.3 Å². The van der Waals surface area contributed by atoms with Crippen molar-refractivity contribution in [1.29, 1.82) is 0 Å². The molecule has 0 aromatic heterocycles. The molecule has 24 heavy (non-hydrogen) atoms. The standard InChI is InChI=1S/C18H23N3O3/c1-4-24-13-7-5-12(6-8-13)16-15-14(19-18(23)20-16)10-21(17(15)22)9-11(2)3/h5-8,11,16H,4,9-10H2,1-3H3,(H2,19,20,23)/t16-/m1/s1. The lowest BCUT2D eigenvalue weighted by Gasteiger charge is -2.25. The minimum Gasteiger partial charge on any atom is -0.494 e. The van der Waals surface area contributed by atoms with Gasteiger partial charge in [-0.3, -0.25) is 4.79 Å². The number of benzene rings is 1. The lowest BCUT2D eigenvalue weighted by Crippen LogP contribution is -2.44. The maximum atomic E-state index is 12.8. The summed E-state index contributed by atoms with van der Waals surface area (Å²) in [6.07, 6.45) is 0. The van der Waals surface area contributed by atoms with Gasteiger partial charge >= 0.3 is 6.03 Å². The predicted octanol–water partition coefficient (Wildman–Crippen LogP) is 2.19. The van der Waals surface area contributed by atoms with Gasteiger partial charge in [0.05, 0.1) is 30.5 Å². The summed E-state index contributed by atoms with van der Waals surface area (Å²) in [5.41, 5.74) is 2.23. The minimum atomic E-state index is -0.422. The van der Waals surface area contributed by atoms with Gasteiger partial charge in [-0.2, -0.15) is 0 Å². The Morgan fingerprint density at radius 1 is 1.25 bits per heavy atom. The van der Waals surface area contributed by atoms with E-state index in [1.54, 1.807) is 4.90 Å². The fourth-order valence-electron chi connectivity index (χ4n) is 3.19. The van der Waals surface area contributed by atoms with Gasteiger partial charge in [0.25, 0.3) is 5.91 Å². The first kappa shape index (κ1) is 16.4. The first-order chi connectivity index (χ1) is 11.5. The minimum absolute atomic E-state index is 0.00918. The van der Waals surface area contributed by atoms with Crippen molar-refractivity contribution in [2.75, 3.05) is 19.7 Å². The average molecular weight is 329 g/mol. The number of carbonyl (C=O) groups excluding carboxylic acids is 2. The van der Waals surface area contributed by atoms with Crippen LogP contribution in [0.3, 0.4) is 0 Å². The number of nitrogens with one attached hydrogen (secondary N) is 2. The molecule has 128 valence electrons. The molecule has 1 aromatic rings. The third-order valence-electron chi connectivity index (χ3n) is 4.13. The molecule has 0 unspecified atom stereocenters. The Hall–Kier alpha value is -2.50. The summed E-state index contributed by atoms with van der Waals surface area (Å²) in [5.74, 6) is 1.14. The Balaban J connectivity index is 1.88. The highest BCUT2D eigenvalue weighted by Gasteiger charge is 2.40. The number of rotatable bonds is 5. The van der Waals surface area contributed by atoms with Crippen molar-refractivity contribution in [3.8, 4) is 5.75 Å². The zero-order chi connectivity index (χ0) is 17.3. The van der Waals surface area contributed by atoms with Crippen molar-refractivity contribution in [3.63, 3.8) is 0 Å². The van der Waals surface area contributed by atoms with E-state index in [1.807, 2.05) is 31.2 Å². The Kier molecular flexibility index (Phi) is 4.46. The van der Waals surface area contributed by atoms with E-state index in [9.17, 15) is 9.59 Å². The van der Waals surface area contributed by atoms with Gasteiger partial charge in [0.1, 0.15) is 5.75 Å². The number of hydrogen-bond donors (Lipinski definition) is 2. The third kappa shape index (κ3) is 3.09. The van der Waals surface area contributed by atoms with Gasteiger partial charge in [0.2, 0.25) is 0 Å². The Labute approximate surface area is 141 Å². The van der Waals surface area contributed by atoms with Crippen LogP contribution in [0.25, 0.3) is 0 Å². The average Bonchev–Trinajstić information content (AvgIpc) is 2.83. The number of urea groups is 1. The van der Waals surface area contributed by atoms with Gasteiger partial charge in [0, 0.05) is 6.54 Å². The van der Waals surface area contributed by atoms with Crippen LogP contribution in [0.5, 0.6) is 5.75 Å². The molecule has 0 fully saturated rings. The summed E-state index contributed by atoms with van der Waals surface area (Å²) < 4.78 is 5.45. The summed E-state index contributed by atoms with van der Waals surface area (Å²) >= 11 is 0. The van der Waals surface area contributed by atoms with Gasteiger partial charge in [-0.05, 0) is 30.5 Å². The van der Waals surface area contributed by atoms with Gasteiger partial charge in [-0.1, -0.05) is 26.0 Å². The van der Waals surface area contributed by atoms with E-state index in [-0.39, 0.29) is 11.9 Å². The maximum absolute atomic E-state index is 12.8. The molecule has 1 aromatic carbocycles. The largest absolute Gasteiger partial charge is 0.494 e. The molecular weight excluding hydrogens is 306 g/mol. The van der Waals surface area contributed by atoms with Gasteiger partial charge in [-0.25, -0.2) is 4.79 Å². The van der Waals surface area contributed by atoms with E-state index in [1.165, 1.54) is 0 Å². The van der Waals surface area contributed by atoms with Crippen LogP contribution in [0.15, 0.2) is 35.5 Å². The zero-order valence-corrected chi connectivity index (χ0v) is 14.3. The molecule has 0 spiro atoms. The van der Waals surface area contributed by atoms with E-state index < -0.39 is 6.04 Å². The second kappa shape index (κ2) is 6.55. The number of carbonyl (C=O) groups is 2. The molecule has 2 aliphatic rings. The van der Waals surface area contributed by atoms with Crippen LogP contribution < -0.4 is 15.4 Å². The Morgan fingerprint density at radius 3 is 2.58 bits per heavy atom. The van der Waals surface area contributed by atoms with E-state index in [4.69, 9.17) is 4.74 Å². The summed E-state index contributed by atoms with van der Waals surface area (Å²) in [6.45, 7) is 7.82. The zero-order valence-electron chi connectivity index (χ0n) is 14.3. The summed E-state index contributed by atoms with van der Waals surface area (Å²) in [7, 11) is 0. The molecule has 3 amide bonds. The maximum Gasteiger partial charge on any atom is 0.319 e. The monoisotopic (exact) mass is 329 g/mol. The van der Waals surface area contributed by atoms with Crippen molar-refractivity contribution >= 4 is 11.9 Å². The molecule has 2 aliphatic heterocycles. The second-order valence-corrected chi connectivity index (χ2v) is 6.51. The topological polar surface area (TPSA) is 70.7 Å². The van der Waals surface area contributed by atoms with E-state index in [0.717, 1.165) is 11.3 Å². The van der Waals surface area contributed by atoms with Gasteiger partial charge < -0.3 is 20.3 Å². The molecule has 6 nitrogen and oxygen atoms in total. The Bertz CT molecular complexity index is 679.